The van der Waals surface area contributed by atoms with Crippen LogP contribution in [-0.4, -0.2) is 50.1 Å². The number of halogens is 1. The molecule has 2 heterocycles. The molecule has 2 aromatic carbocycles. The summed E-state index contributed by atoms with van der Waals surface area (Å²) in [7, 11) is -1.72. The molecule has 0 aliphatic carbocycles. The van der Waals surface area contributed by atoms with Crippen LogP contribution in [0, 0.1) is 17.2 Å². The van der Waals surface area contributed by atoms with Crippen molar-refractivity contribution in [1.82, 2.24) is 4.57 Å². The van der Waals surface area contributed by atoms with Gasteiger partial charge < -0.3 is 14.8 Å². The van der Waals surface area contributed by atoms with Crippen LogP contribution >= 0.6 is 11.6 Å². The standard InChI is InChI=1S/C30H30ClN3O7S/c1-3-41-30(37)20-5-8-23(9-6-20)33-29(36)26(14-19-10-12-42(38,39)13-11-19)34-18-27(40-2)25(16-28(34)35)24-15-22(31)7-4-21(24)17-32/h4-9,15-16,18-19,26H,3,10-14H2,1-2H3,(H,33,36). The number of hydrogen-bond acceptors (Lipinski definition) is 8. The Balaban J connectivity index is 1.71. The number of benzene rings is 2. The summed E-state index contributed by atoms with van der Waals surface area (Å²) in [6, 6.07) is 13.2. The maximum atomic E-state index is 13.7. The van der Waals surface area contributed by atoms with Gasteiger partial charge in [-0.25, -0.2) is 13.2 Å². The van der Waals surface area contributed by atoms with Crippen molar-refractivity contribution in [3.8, 4) is 22.9 Å². The van der Waals surface area contributed by atoms with E-state index in [9.17, 15) is 28.1 Å². The summed E-state index contributed by atoms with van der Waals surface area (Å²) in [5, 5.41) is 12.8. The molecule has 1 aliphatic heterocycles. The molecule has 0 spiro atoms. The van der Waals surface area contributed by atoms with E-state index < -0.39 is 33.3 Å². The number of ether oxygens (including phenoxy) is 2. The van der Waals surface area contributed by atoms with E-state index >= 15 is 0 Å². The predicted octanol–water partition coefficient (Wildman–Crippen LogP) is 4.62. The van der Waals surface area contributed by atoms with Crippen molar-refractivity contribution in [3.05, 3.63) is 81.2 Å². The molecule has 1 saturated heterocycles. The molecular formula is C30H30ClN3O7S. The van der Waals surface area contributed by atoms with Crippen molar-refractivity contribution in [2.45, 2.75) is 32.2 Å². The number of sulfone groups is 1. The van der Waals surface area contributed by atoms with Crippen LogP contribution in [0.2, 0.25) is 5.02 Å². The third-order valence-corrected chi connectivity index (χ3v) is 9.14. The highest BCUT2D eigenvalue weighted by Gasteiger charge is 2.31. The van der Waals surface area contributed by atoms with E-state index in [2.05, 4.69) is 11.4 Å². The molecule has 1 fully saturated rings. The van der Waals surface area contributed by atoms with Gasteiger partial charge in [0.05, 0.1) is 48.6 Å². The lowest BCUT2D eigenvalue weighted by molar-refractivity contribution is -0.119. The normalized spacial score (nSPS) is 15.3. The van der Waals surface area contributed by atoms with E-state index in [4.69, 9.17) is 21.1 Å². The zero-order valence-corrected chi connectivity index (χ0v) is 24.7. The number of aromatic nitrogens is 1. The molecule has 0 bridgehead atoms. The number of anilines is 1. The van der Waals surface area contributed by atoms with Crippen LogP contribution in [0.1, 0.15) is 48.1 Å². The van der Waals surface area contributed by atoms with Gasteiger partial charge in [-0.05, 0) is 74.6 Å². The molecule has 1 unspecified atom stereocenters. The van der Waals surface area contributed by atoms with Gasteiger partial charge in [0, 0.05) is 27.9 Å². The number of methoxy groups -OCH3 is 1. The fraction of sp³-hybridized carbons (Fsp3) is 0.333. The maximum Gasteiger partial charge on any atom is 0.338 e. The summed E-state index contributed by atoms with van der Waals surface area (Å²) in [6.07, 6.45) is 2.38. The van der Waals surface area contributed by atoms with Crippen molar-refractivity contribution < 1.29 is 27.5 Å². The Morgan fingerprint density at radius 3 is 2.43 bits per heavy atom. The summed E-state index contributed by atoms with van der Waals surface area (Å²) < 4.78 is 35.9. The summed E-state index contributed by atoms with van der Waals surface area (Å²) in [6.45, 7) is 1.93. The number of nitrogens with one attached hydrogen (secondary N) is 1. The molecule has 1 atom stereocenters. The first-order chi connectivity index (χ1) is 20.0. The van der Waals surface area contributed by atoms with Crippen molar-refractivity contribution in [2.75, 3.05) is 30.5 Å². The second kappa shape index (κ2) is 13.2. The molecule has 220 valence electrons. The minimum absolute atomic E-state index is 0.0180. The lowest BCUT2D eigenvalue weighted by atomic mass is 9.93. The Labute approximate surface area is 248 Å². The van der Waals surface area contributed by atoms with E-state index in [-0.39, 0.29) is 36.2 Å². The molecule has 12 heteroatoms. The number of amides is 1. The first kappa shape index (κ1) is 30.8. The Hall–Kier alpha value is -4.14. The second-order valence-corrected chi connectivity index (χ2v) is 12.7. The van der Waals surface area contributed by atoms with Gasteiger partial charge in [0.15, 0.2) is 0 Å². The van der Waals surface area contributed by atoms with E-state index in [0.29, 0.717) is 45.8 Å². The van der Waals surface area contributed by atoms with Gasteiger partial charge in [-0.15, -0.1) is 0 Å². The zero-order valence-electron chi connectivity index (χ0n) is 23.1. The fourth-order valence-electron chi connectivity index (χ4n) is 4.95. The largest absolute Gasteiger partial charge is 0.495 e. The lowest BCUT2D eigenvalue weighted by Crippen LogP contribution is -2.36. The van der Waals surface area contributed by atoms with Gasteiger partial charge >= 0.3 is 5.97 Å². The Kier molecular flexibility index (Phi) is 9.70. The molecule has 42 heavy (non-hydrogen) atoms. The van der Waals surface area contributed by atoms with E-state index in [1.807, 2.05) is 0 Å². The van der Waals surface area contributed by atoms with E-state index in [0.717, 1.165) is 0 Å². The highest BCUT2D eigenvalue weighted by atomic mass is 35.5. The number of carbonyl (C=O) groups is 2. The number of esters is 1. The average molecular weight is 612 g/mol. The number of nitriles is 1. The number of nitrogens with zero attached hydrogens (tertiary/aromatic N) is 2. The van der Waals surface area contributed by atoms with Gasteiger partial charge in [-0.3, -0.25) is 14.2 Å². The molecule has 0 radical (unpaired) electrons. The van der Waals surface area contributed by atoms with Crippen LogP contribution < -0.4 is 15.6 Å². The van der Waals surface area contributed by atoms with E-state index in [1.54, 1.807) is 37.3 Å². The molecule has 4 rings (SSSR count). The molecule has 0 saturated carbocycles. The van der Waals surface area contributed by atoms with Crippen molar-refractivity contribution >= 4 is 39.0 Å². The number of rotatable bonds is 9. The second-order valence-electron chi connectivity index (χ2n) is 9.94. The fourth-order valence-corrected chi connectivity index (χ4v) is 6.71. The van der Waals surface area contributed by atoms with Gasteiger partial charge in [-0.2, -0.15) is 5.26 Å². The first-order valence-corrected chi connectivity index (χ1v) is 15.5. The van der Waals surface area contributed by atoms with Gasteiger partial charge in [0.25, 0.3) is 5.56 Å². The Morgan fingerprint density at radius 1 is 1.12 bits per heavy atom. The van der Waals surface area contributed by atoms with Gasteiger partial charge in [-0.1, -0.05) is 11.6 Å². The lowest BCUT2D eigenvalue weighted by Gasteiger charge is -2.28. The number of carbonyl (C=O) groups excluding carboxylic acids is 2. The highest BCUT2D eigenvalue weighted by molar-refractivity contribution is 7.91. The minimum Gasteiger partial charge on any atom is -0.495 e. The summed E-state index contributed by atoms with van der Waals surface area (Å²) in [4.78, 5) is 39.3. The third-order valence-electron chi connectivity index (χ3n) is 7.19. The average Bonchev–Trinajstić information content (AvgIpc) is 2.97. The van der Waals surface area contributed by atoms with Crippen LogP contribution in [0.5, 0.6) is 5.75 Å². The molecule has 1 N–H and O–H groups in total. The van der Waals surface area contributed by atoms with Crippen LogP contribution in [0.3, 0.4) is 0 Å². The van der Waals surface area contributed by atoms with Crippen LogP contribution in [0.15, 0.2) is 59.5 Å². The molecule has 1 amide bonds. The SMILES string of the molecule is CCOC(=O)c1ccc(NC(=O)C(CC2CCS(=O)(=O)CC2)n2cc(OC)c(-c3cc(Cl)ccc3C#N)cc2=O)cc1. The maximum absolute atomic E-state index is 13.7. The first-order valence-electron chi connectivity index (χ1n) is 13.3. The Morgan fingerprint density at radius 2 is 1.81 bits per heavy atom. The molecule has 10 nitrogen and oxygen atoms in total. The van der Waals surface area contributed by atoms with Crippen LogP contribution in [0.4, 0.5) is 5.69 Å². The summed E-state index contributed by atoms with van der Waals surface area (Å²) >= 11 is 6.18. The molecular weight excluding hydrogens is 582 g/mol. The van der Waals surface area contributed by atoms with Gasteiger partial charge in [0.1, 0.15) is 21.6 Å². The number of pyridine rings is 1. The Bertz CT molecular complexity index is 1680. The summed E-state index contributed by atoms with van der Waals surface area (Å²) in [5.74, 6) is -0.820. The molecule has 1 aliphatic rings. The monoisotopic (exact) mass is 611 g/mol. The third kappa shape index (κ3) is 7.19. The van der Waals surface area contributed by atoms with E-state index in [1.165, 1.54) is 36.1 Å². The van der Waals surface area contributed by atoms with Crippen LogP contribution in [0.25, 0.3) is 11.1 Å². The number of hydrogen-bond donors (Lipinski definition) is 1. The van der Waals surface area contributed by atoms with Gasteiger partial charge in [0.2, 0.25) is 5.91 Å². The molecule has 1 aromatic heterocycles. The molecule has 3 aromatic rings. The quantitative estimate of drug-likeness (QED) is 0.345. The topological polar surface area (TPSA) is 145 Å². The van der Waals surface area contributed by atoms with Crippen LogP contribution in [-0.2, 0) is 19.4 Å². The minimum atomic E-state index is -3.13. The summed E-state index contributed by atoms with van der Waals surface area (Å²) in [5.41, 5.74) is 1.25. The predicted molar refractivity (Wildman–Crippen MR) is 158 cm³/mol. The zero-order chi connectivity index (χ0) is 30.4. The smallest absolute Gasteiger partial charge is 0.338 e. The van der Waals surface area contributed by atoms with Crippen molar-refractivity contribution in [1.29, 1.82) is 5.26 Å². The van der Waals surface area contributed by atoms with Crippen molar-refractivity contribution in [2.24, 2.45) is 5.92 Å². The highest BCUT2D eigenvalue weighted by Crippen LogP contribution is 2.35. The van der Waals surface area contributed by atoms with Crippen molar-refractivity contribution in [3.63, 3.8) is 0 Å².